The highest BCUT2D eigenvalue weighted by atomic mass is 32.2. The van der Waals surface area contributed by atoms with Gasteiger partial charge in [0.25, 0.3) is 0 Å². The van der Waals surface area contributed by atoms with Crippen molar-refractivity contribution in [3.63, 3.8) is 0 Å². The van der Waals surface area contributed by atoms with E-state index >= 15 is 0 Å². The Morgan fingerprint density at radius 1 is 1.27 bits per heavy atom. The lowest BCUT2D eigenvalue weighted by molar-refractivity contribution is -0.161. The largest absolute Gasteiger partial charge is 0.480 e. The highest BCUT2D eigenvalue weighted by Crippen LogP contribution is 2.50. The molecule has 0 aliphatic carbocycles. The second kappa shape index (κ2) is 9.86. The summed E-state index contributed by atoms with van der Waals surface area (Å²) in [6, 6.07) is 6.29. The van der Waals surface area contributed by atoms with Gasteiger partial charge in [0.2, 0.25) is 11.8 Å². The third-order valence-corrected chi connectivity index (χ3v) is 7.09. The fourth-order valence-electron chi connectivity index (χ4n) is 4.02. The molecule has 0 aromatic heterocycles. The number of hydrogen-bond acceptors (Lipinski definition) is 7. The number of rotatable bonds is 9. The van der Waals surface area contributed by atoms with E-state index in [9.17, 15) is 24.3 Å². The number of allylic oxidation sites excluding steroid dienone is 1. The van der Waals surface area contributed by atoms with Gasteiger partial charge in [-0.1, -0.05) is 37.3 Å². The summed E-state index contributed by atoms with van der Waals surface area (Å²) in [4.78, 5) is 50.9. The zero-order valence-electron chi connectivity index (χ0n) is 19.0. The van der Waals surface area contributed by atoms with Gasteiger partial charge in [-0.2, -0.15) is 0 Å². The number of carbonyl (C=O) groups excluding carboxylic acids is 3. The smallest absolute Gasteiger partial charge is 0.332 e. The molecule has 4 atom stereocenters. The summed E-state index contributed by atoms with van der Waals surface area (Å²) in [5, 5.41) is 14.9. The molecule has 0 saturated carbocycles. The Hall–Kier alpha value is -3.01. The van der Waals surface area contributed by atoms with Crippen LogP contribution in [-0.2, 0) is 23.9 Å². The molecule has 1 aromatic rings. The number of hydrogen-bond donors (Lipinski definition) is 3. The zero-order chi connectivity index (χ0) is 24.3. The Bertz CT molecular complexity index is 964. The highest BCUT2D eigenvalue weighted by Gasteiger charge is 2.64. The number of carboxylic acids is 1. The summed E-state index contributed by atoms with van der Waals surface area (Å²) in [6.07, 6.45) is 1.98. The number of aliphatic carboxylic acids is 1. The van der Waals surface area contributed by atoms with Gasteiger partial charge in [-0.3, -0.25) is 9.59 Å². The molecule has 2 aliphatic rings. The Morgan fingerprint density at radius 2 is 1.94 bits per heavy atom. The second-order valence-electron chi connectivity index (χ2n) is 8.57. The van der Waals surface area contributed by atoms with Crippen LogP contribution in [0.25, 0.3) is 0 Å². The Labute approximate surface area is 196 Å². The monoisotopic (exact) mass is 475 g/mol. The standard InChI is InChI=1S/C23H29N3O6S/c1-5-11-32-15(27)12-13(2)24-16(14-9-7-6-8-10-14)19(28)25-17-20(29)26-18(22(30)31)23(3,4)33-21(17)26/h6-10,12,16-18,21,24H,5,11H2,1-4H3,(H,25,28)(H,30,31)/b13-12+/t16?,17?,18-,21+/m0/s1. The summed E-state index contributed by atoms with van der Waals surface area (Å²) in [5.74, 6) is -2.44. The maximum Gasteiger partial charge on any atom is 0.332 e. The summed E-state index contributed by atoms with van der Waals surface area (Å²) in [6.45, 7) is 7.41. The van der Waals surface area contributed by atoms with Crippen molar-refractivity contribution < 1.29 is 29.0 Å². The summed E-state index contributed by atoms with van der Waals surface area (Å²) < 4.78 is 4.37. The zero-order valence-corrected chi connectivity index (χ0v) is 19.8. The topological polar surface area (TPSA) is 125 Å². The minimum Gasteiger partial charge on any atom is -0.480 e. The quantitative estimate of drug-likeness (QED) is 0.281. The molecule has 1 aromatic carbocycles. The van der Waals surface area contributed by atoms with E-state index in [1.165, 1.54) is 22.7 Å². The van der Waals surface area contributed by atoms with Gasteiger partial charge >= 0.3 is 11.9 Å². The third-order valence-electron chi connectivity index (χ3n) is 5.52. The molecule has 2 heterocycles. The minimum atomic E-state index is -1.06. The number of β-lactam (4-membered cyclic amide) rings is 1. The lowest BCUT2D eigenvalue weighted by Crippen LogP contribution is -2.71. The average Bonchev–Trinajstić information content (AvgIpc) is 3.02. The maximum atomic E-state index is 13.2. The maximum absolute atomic E-state index is 13.2. The first kappa shape index (κ1) is 24.6. The molecule has 2 unspecified atom stereocenters. The molecular weight excluding hydrogens is 446 g/mol. The number of fused-ring (bicyclic) bond motifs is 1. The molecule has 3 rings (SSSR count). The molecule has 0 bridgehead atoms. The predicted molar refractivity (Wildman–Crippen MR) is 123 cm³/mol. The first-order valence-electron chi connectivity index (χ1n) is 10.8. The van der Waals surface area contributed by atoms with Gasteiger partial charge in [0, 0.05) is 16.5 Å². The molecule has 178 valence electrons. The van der Waals surface area contributed by atoms with Gasteiger partial charge in [-0.05, 0) is 32.8 Å². The van der Waals surface area contributed by atoms with Crippen molar-refractivity contribution in [2.75, 3.05) is 6.61 Å². The van der Waals surface area contributed by atoms with E-state index in [1.807, 2.05) is 13.0 Å². The van der Waals surface area contributed by atoms with E-state index in [1.54, 1.807) is 45.0 Å². The predicted octanol–water partition coefficient (Wildman–Crippen LogP) is 1.81. The summed E-state index contributed by atoms with van der Waals surface area (Å²) >= 11 is 1.36. The van der Waals surface area contributed by atoms with Crippen molar-refractivity contribution in [3.8, 4) is 0 Å². The highest BCUT2D eigenvalue weighted by molar-refractivity contribution is 8.01. The number of carboxylic acid groups (broad SMARTS) is 1. The lowest BCUT2D eigenvalue weighted by atomic mass is 9.95. The molecule has 2 fully saturated rings. The van der Waals surface area contributed by atoms with E-state index < -0.39 is 52.0 Å². The number of ether oxygens (including phenoxy) is 1. The molecule has 9 nitrogen and oxygen atoms in total. The Balaban J connectivity index is 1.75. The number of nitrogens with one attached hydrogen (secondary N) is 2. The number of benzene rings is 1. The van der Waals surface area contributed by atoms with Crippen LogP contribution in [0, 0.1) is 0 Å². The fraction of sp³-hybridized carbons (Fsp3) is 0.478. The van der Waals surface area contributed by atoms with Gasteiger partial charge in [-0.15, -0.1) is 11.8 Å². The van der Waals surface area contributed by atoms with E-state index in [0.717, 1.165) is 0 Å². The molecule has 2 amide bonds. The van der Waals surface area contributed by atoms with Gasteiger partial charge in [0.1, 0.15) is 23.5 Å². The van der Waals surface area contributed by atoms with Gasteiger partial charge in [0.15, 0.2) is 0 Å². The van der Waals surface area contributed by atoms with Crippen molar-refractivity contribution in [2.24, 2.45) is 0 Å². The van der Waals surface area contributed by atoms with Gasteiger partial charge in [-0.25, -0.2) is 9.59 Å². The van der Waals surface area contributed by atoms with Crippen molar-refractivity contribution in [3.05, 3.63) is 47.7 Å². The molecule has 2 saturated heterocycles. The normalized spacial score (nSPS) is 24.4. The van der Waals surface area contributed by atoms with Crippen LogP contribution in [0.2, 0.25) is 0 Å². The van der Waals surface area contributed by atoms with E-state index in [2.05, 4.69) is 10.6 Å². The van der Waals surface area contributed by atoms with E-state index in [-0.39, 0.29) is 0 Å². The van der Waals surface area contributed by atoms with Crippen LogP contribution >= 0.6 is 11.8 Å². The minimum absolute atomic E-state index is 0.304. The molecule has 0 spiro atoms. The van der Waals surface area contributed by atoms with Crippen molar-refractivity contribution >= 4 is 35.5 Å². The molecule has 33 heavy (non-hydrogen) atoms. The lowest BCUT2D eigenvalue weighted by Gasteiger charge is -2.44. The molecule has 10 heteroatoms. The van der Waals surface area contributed by atoms with Crippen molar-refractivity contribution in [2.45, 2.75) is 62.4 Å². The number of amides is 2. The van der Waals surface area contributed by atoms with Crippen LogP contribution in [-0.4, -0.2) is 62.6 Å². The van der Waals surface area contributed by atoms with Crippen molar-refractivity contribution in [1.29, 1.82) is 0 Å². The van der Waals surface area contributed by atoms with Crippen LogP contribution in [0.3, 0.4) is 0 Å². The first-order valence-corrected chi connectivity index (χ1v) is 11.6. The number of nitrogens with zero attached hydrogens (tertiary/aromatic N) is 1. The van der Waals surface area contributed by atoms with Crippen molar-refractivity contribution in [1.82, 2.24) is 15.5 Å². The molecule has 3 N–H and O–H groups in total. The number of thioether (sulfide) groups is 1. The molecule has 0 radical (unpaired) electrons. The second-order valence-corrected chi connectivity index (χ2v) is 10.3. The first-order chi connectivity index (χ1) is 15.6. The van der Waals surface area contributed by atoms with Gasteiger partial charge in [0.05, 0.1) is 6.61 Å². The van der Waals surface area contributed by atoms with Crippen LogP contribution in [0.1, 0.15) is 45.7 Å². The number of carbonyl (C=O) groups is 4. The van der Waals surface area contributed by atoms with Crippen LogP contribution < -0.4 is 10.6 Å². The Morgan fingerprint density at radius 3 is 2.55 bits per heavy atom. The SMILES string of the molecule is CCCOC(=O)/C=C(\C)NC(C(=O)NC1C(=O)N2[C@@H]1SC(C)(C)[C@@H]2C(=O)O)c1ccccc1. The van der Waals surface area contributed by atoms with Crippen LogP contribution in [0.15, 0.2) is 42.1 Å². The third kappa shape index (κ3) is 5.16. The van der Waals surface area contributed by atoms with E-state index in [4.69, 9.17) is 4.74 Å². The van der Waals surface area contributed by atoms with E-state index in [0.29, 0.717) is 24.3 Å². The van der Waals surface area contributed by atoms with Gasteiger partial charge < -0.3 is 25.4 Å². The summed E-state index contributed by atoms with van der Waals surface area (Å²) in [5.41, 5.74) is 1.08. The Kier molecular flexibility index (Phi) is 7.36. The molecule has 2 aliphatic heterocycles. The van der Waals surface area contributed by atoms with Crippen LogP contribution in [0.4, 0.5) is 0 Å². The fourth-order valence-corrected chi connectivity index (χ4v) is 5.64. The summed E-state index contributed by atoms with van der Waals surface area (Å²) in [7, 11) is 0. The average molecular weight is 476 g/mol. The van der Waals surface area contributed by atoms with Crippen LogP contribution in [0.5, 0.6) is 0 Å². The molecular formula is C23H29N3O6S. The number of esters is 1.